The van der Waals surface area contributed by atoms with Crippen LogP contribution in [0.25, 0.3) is 11.1 Å². The topological polar surface area (TPSA) is 42.4 Å². The third kappa shape index (κ3) is 5.05. The van der Waals surface area contributed by atoms with Crippen molar-refractivity contribution in [3.8, 4) is 17.0 Å². The van der Waals surface area contributed by atoms with Gasteiger partial charge in [0.15, 0.2) is 6.61 Å². The molecule has 0 atom stereocenters. The SMILES string of the molecule is O=C1COc2nccc(-c3c(F)cccc3F)c2CN1Cc1cc(C(F)(F)F)cc(C(F)(F)F)c1. The number of hydrogen-bond donors (Lipinski definition) is 0. The van der Waals surface area contributed by atoms with Gasteiger partial charge in [-0.05, 0) is 47.5 Å². The van der Waals surface area contributed by atoms with Crippen LogP contribution in [-0.4, -0.2) is 22.4 Å². The van der Waals surface area contributed by atoms with Gasteiger partial charge in [0.25, 0.3) is 5.91 Å². The van der Waals surface area contributed by atoms with E-state index in [0.717, 1.165) is 23.1 Å². The van der Waals surface area contributed by atoms with E-state index in [1.165, 1.54) is 12.3 Å². The highest BCUT2D eigenvalue weighted by molar-refractivity contribution is 5.80. The Morgan fingerprint density at radius 1 is 0.914 bits per heavy atom. The average Bonchev–Trinajstić information content (AvgIpc) is 2.92. The summed E-state index contributed by atoms with van der Waals surface area (Å²) >= 11 is 0. The van der Waals surface area contributed by atoms with Crippen molar-refractivity contribution in [2.24, 2.45) is 0 Å². The molecule has 0 unspecified atom stereocenters. The number of alkyl halides is 6. The third-order valence-electron chi connectivity index (χ3n) is 5.30. The number of amides is 1. The number of carbonyl (C=O) groups is 1. The molecule has 0 aliphatic carbocycles. The Bertz CT molecular complexity index is 1230. The molecule has 12 heteroatoms. The molecule has 0 N–H and O–H groups in total. The summed E-state index contributed by atoms with van der Waals surface area (Å²) in [5.74, 6) is -2.75. The predicted molar refractivity (Wildman–Crippen MR) is 106 cm³/mol. The van der Waals surface area contributed by atoms with Gasteiger partial charge in [-0.3, -0.25) is 4.79 Å². The van der Waals surface area contributed by atoms with Crippen molar-refractivity contribution < 1.29 is 44.7 Å². The summed E-state index contributed by atoms with van der Waals surface area (Å²) in [4.78, 5) is 17.5. The molecule has 4 nitrogen and oxygen atoms in total. The average molecular weight is 502 g/mol. The molecule has 0 radical (unpaired) electrons. The molecular formula is C23H14F8N2O2. The Kier molecular flexibility index (Phi) is 6.16. The van der Waals surface area contributed by atoms with Gasteiger partial charge >= 0.3 is 12.4 Å². The van der Waals surface area contributed by atoms with Crippen molar-refractivity contribution in [3.05, 3.63) is 82.5 Å². The van der Waals surface area contributed by atoms with Crippen molar-refractivity contribution in [1.29, 1.82) is 0 Å². The highest BCUT2D eigenvalue weighted by atomic mass is 19.4. The third-order valence-corrected chi connectivity index (χ3v) is 5.30. The minimum atomic E-state index is -5.06. The number of nitrogens with zero attached hydrogens (tertiary/aromatic N) is 2. The van der Waals surface area contributed by atoms with Crippen LogP contribution < -0.4 is 4.74 Å². The first-order valence-electron chi connectivity index (χ1n) is 9.96. The highest BCUT2D eigenvalue weighted by Gasteiger charge is 2.37. The number of hydrogen-bond acceptors (Lipinski definition) is 3. The lowest BCUT2D eigenvalue weighted by molar-refractivity contribution is -0.143. The van der Waals surface area contributed by atoms with Gasteiger partial charge in [-0.2, -0.15) is 26.3 Å². The van der Waals surface area contributed by atoms with Gasteiger partial charge in [0.2, 0.25) is 5.88 Å². The molecule has 1 aliphatic rings. The maximum atomic E-state index is 14.4. The monoisotopic (exact) mass is 502 g/mol. The molecule has 0 spiro atoms. The van der Waals surface area contributed by atoms with Crippen molar-refractivity contribution in [1.82, 2.24) is 9.88 Å². The summed E-state index contributed by atoms with van der Waals surface area (Å²) in [6, 6.07) is 5.43. The molecule has 1 aromatic heterocycles. The zero-order valence-electron chi connectivity index (χ0n) is 17.5. The van der Waals surface area contributed by atoms with E-state index in [1.54, 1.807) is 0 Å². The Balaban J connectivity index is 1.77. The number of aromatic nitrogens is 1. The number of benzene rings is 2. The summed E-state index contributed by atoms with van der Waals surface area (Å²) < 4.78 is 114. The smallest absolute Gasteiger partial charge is 0.416 e. The Labute approximate surface area is 192 Å². The van der Waals surface area contributed by atoms with Crippen LogP contribution in [0, 0.1) is 11.6 Å². The minimum absolute atomic E-state index is 0.0187. The van der Waals surface area contributed by atoms with Crippen molar-refractivity contribution in [2.45, 2.75) is 25.4 Å². The quantitative estimate of drug-likeness (QED) is 0.414. The van der Waals surface area contributed by atoms with E-state index >= 15 is 0 Å². The fourth-order valence-electron chi connectivity index (χ4n) is 3.72. The van der Waals surface area contributed by atoms with Gasteiger partial charge in [-0.25, -0.2) is 13.8 Å². The predicted octanol–water partition coefficient (Wildman–Crippen LogP) is 5.99. The summed E-state index contributed by atoms with van der Waals surface area (Å²) in [6.07, 6.45) is -8.93. The van der Waals surface area contributed by atoms with Gasteiger partial charge in [0.05, 0.1) is 23.2 Å². The largest absolute Gasteiger partial charge is 0.467 e. The van der Waals surface area contributed by atoms with Crippen LogP contribution in [0.2, 0.25) is 0 Å². The van der Waals surface area contributed by atoms with Crippen molar-refractivity contribution in [3.63, 3.8) is 0 Å². The van der Waals surface area contributed by atoms with Gasteiger partial charge in [0.1, 0.15) is 11.6 Å². The van der Waals surface area contributed by atoms with Crippen LogP contribution in [0.15, 0.2) is 48.7 Å². The molecule has 0 saturated heterocycles. The van der Waals surface area contributed by atoms with Gasteiger partial charge in [0, 0.05) is 18.3 Å². The van der Waals surface area contributed by atoms with Crippen LogP contribution in [0.4, 0.5) is 35.1 Å². The van der Waals surface area contributed by atoms with Gasteiger partial charge in [-0.15, -0.1) is 0 Å². The van der Waals surface area contributed by atoms with E-state index in [4.69, 9.17) is 4.74 Å². The normalized spacial score (nSPS) is 14.4. The van der Waals surface area contributed by atoms with E-state index in [1.807, 2.05) is 0 Å². The Hall–Kier alpha value is -3.70. The van der Waals surface area contributed by atoms with Gasteiger partial charge in [-0.1, -0.05) is 6.07 Å². The lowest BCUT2D eigenvalue weighted by Crippen LogP contribution is -2.32. The molecule has 2 aromatic carbocycles. The molecule has 1 amide bonds. The van der Waals surface area contributed by atoms with E-state index in [0.29, 0.717) is 12.1 Å². The zero-order chi connectivity index (χ0) is 25.5. The molecule has 0 fully saturated rings. The molecular weight excluding hydrogens is 488 g/mol. The molecule has 184 valence electrons. The van der Waals surface area contributed by atoms with E-state index in [2.05, 4.69) is 4.98 Å². The maximum Gasteiger partial charge on any atom is 0.416 e. The molecule has 0 saturated carbocycles. The highest BCUT2D eigenvalue weighted by Crippen LogP contribution is 2.38. The summed E-state index contributed by atoms with van der Waals surface area (Å²) in [7, 11) is 0. The Morgan fingerprint density at radius 3 is 2.09 bits per heavy atom. The summed E-state index contributed by atoms with van der Waals surface area (Å²) in [5.41, 5.74) is -3.92. The number of carbonyl (C=O) groups excluding carboxylic acids is 1. The number of ether oxygens (including phenoxy) is 1. The standard InChI is InChI=1S/C23H14F8N2O2/c24-17-2-1-3-18(25)20(17)15-4-5-32-21-16(15)10-33(19(34)11-35-21)9-12-6-13(22(26,27)28)8-14(7-12)23(29,30)31/h1-8H,9-11H2. The second kappa shape index (κ2) is 8.82. The Morgan fingerprint density at radius 2 is 1.51 bits per heavy atom. The second-order valence-electron chi connectivity index (χ2n) is 7.69. The lowest BCUT2D eigenvalue weighted by atomic mass is 9.99. The zero-order valence-corrected chi connectivity index (χ0v) is 17.5. The van der Waals surface area contributed by atoms with Crippen LogP contribution in [0.3, 0.4) is 0 Å². The summed E-state index contributed by atoms with van der Waals surface area (Å²) in [5, 5.41) is 0. The van der Waals surface area contributed by atoms with Crippen molar-refractivity contribution in [2.75, 3.05) is 6.61 Å². The van der Waals surface area contributed by atoms with Crippen LogP contribution >= 0.6 is 0 Å². The van der Waals surface area contributed by atoms with Gasteiger partial charge < -0.3 is 9.64 Å². The number of fused-ring (bicyclic) bond motifs is 1. The molecule has 2 heterocycles. The van der Waals surface area contributed by atoms with Crippen molar-refractivity contribution >= 4 is 5.91 Å². The first-order chi connectivity index (χ1) is 16.3. The molecule has 0 bridgehead atoms. The molecule has 4 rings (SSSR count). The molecule has 1 aliphatic heterocycles. The van der Waals surface area contributed by atoms with Crippen LogP contribution in [0.5, 0.6) is 5.88 Å². The van der Waals surface area contributed by atoms with E-state index in [9.17, 15) is 39.9 Å². The first kappa shape index (κ1) is 24.4. The van der Waals surface area contributed by atoms with E-state index in [-0.39, 0.29) is 23.1 Å². The van der Waals surface area contributed by atoms with Crippen LogP contribution in [0.1, 0.15) is 22.3 Å². The molecule has 3 aromatic rings. The second-order valence-corrected chi connectivity index (χ2v) is 7.69. The maximum absolute atomic E-state index is 14.4. The van der Waals surface area contributed by atoms with Crippen LogP contribution in [-0.2, 0) is 30.2 Å². The lowest BCUT2D eigenvalue weighted by Gasteiger charge is -2.23. The number of pyridine rings is 1. The minimum Gasteiger partial charge on any atom is -0.467 e. The number of halogens is 8. The fourth-order valence-corrected chi connectivity index (χ4v) is 3.72. The first-order valence-corrected chi connectivity index (χ1v) is 9.96. The summed E-state index contributed by atoms with van der Waals surface area (Å²) in [6.45, 7) is -1.71. The molecule has 35 heavy (non-hydrogen) atoms. The van der Waals surface area contributed by atoms with E-state index < -0.39 is 71.8 Å². The fraction of sp³-hybridized carbons (Fsp3) is 0.217. The number of rotatable bonds is 3.